The van der Waals surface area contributed by atoms with Crippen molar-refractivity contribution >= 4 is 8.61 Å². The first-order valence-electron chi connectivity index (χ1n) is 1.46. The third-order valence-corrected chi connectivity index (χ3v) is 0.532. The van der Waals surface area contributed by atoms with Crippen molar-refractivity contribution in [2.24, 2.45) is 0 Å². The summed E-state index contributed by atoms with van der Waals surface area (Å²) in [5.74, 6) is 0. The molecule has 0 heterocycles. The van der Waals surface area contributed by atoms with Crippen molar-refractivity contribution in [2.45, 2.75) is 0 Å². The SMILES string of the molecule is COCNP=O. The predicted octanol–water partition coefficient (Wildman–Crippen LogP) is 0.387. The molecule has 0 bridgehead atoms. The monoisotopic (exact) mass is 107 g/mol. The Kier molecular flexibility index (Phi) is 5.04. The van der Waals surface area contributed by atoms with Crippen LogP contribution in [0.2, 0.25) is 0 Å². The number of ether oxygens (including phenoxy) is 1. The van der Waals surface area contributed by atoms with Crippen LogP contribution in [0.25, 0.3) is 0 Å². The molecule has 3 nitrogen and oxygen atoms in total. The molecule has 0 unspecified atom stereocenters. The number of methoxy groups -OCH3 is 1. The van der Waals surface area contributed by atoms with E-state index >= 15 is 0 Å². The minimum Gasteiger partial charge on any atom is -0.369 e. The maximum Gasteiger partial charge on any atom is 0.247 e. The molecule has 0 saturated heterocycles. The largest absolute Gasteiger partial charge is 0.369 e. The molecule has 0 spiro atoms. The van der Waals surface area contributed by atoms with Crippen molar-refractivity contribution in [1.82, 2.24) is 5.09 Å². The zero-order valence-electron chi connectivity index (χ0n) is 3.47. The average molecular weight is 107 g/mol. The molecular formula is C2H6NO2P. The van der Waals surface area contributed by atoms with Gasteiger partial charge in [-0.2, -0.15) is 0 Å². The first-order chi connectivity index (χ1) is 2.91. The molecule has 0 saturated carbocycles. The Morgan fingerprint density at radius 3 is 2.83 bits per heavy atom. The molecule has 0 aromatic rings. The lowest BCUT2D eigenvalue weighted by atomic mass is 11.3. The van der Waals surface area contributed by atoms with Gasteiger partial charge in [0.2, 0.25) is 8.61 Å². The van der Waals surface area contributed by atoms with Crippen LogP contribution in [0, 0.1) is 0 Å². The van der Waals surface area contributed by atoms with E-state index in [1.807, 2.05) is 0 Å². The fraction of sp³-hybridized carbons (Fsp3) is 1.00. The maximum absolute atomic E-state index is 9.47. The Morgan fingerprint density at radius 1 is 2.00 bits per heavy atom. The van der Waals surface area contributed by atoms with E-state index in [9.17, 15) is 4.57 Å². The lowest BCUT2D eigenvalue weighted by molar-refractivity contribution is 0.195. The molecule has 0 aromatic heterocycles. The van der Waals surface area contributed by atoms with Gasteiger partial charge in [-0.3, -0.25) is 4.57 Å². The van der Waals surface area contributed by atoms with Gasteiger partial charge in [-0.1, -0.05) is 0 Å². The van der Waals surface area contributed by atoms with Crippen LogP contribution < -0.4 is 5.09 Å². The summed E-state index contributed by atoms with van der Waals surface area (Å²) in [7, 11) is 1.45. The van der Waals surface area contributed by atoms with E-state index in [0.29, 0.717) is 6.73 Å². The first kappa shape index (κ1) is 6.02. The van der Waals surface area contributed by atoms with Crippen LogP contribution in [-0.2, 0) is 9.30 Å². The van der Waals surface area contributed by atoms with Gasteiger partial charge in [0.05, 0.1) is 0 Å². The lowest BCUT2D eigenvalue weighted by Gasteiger charge is -1.86. The van der Waals surface area contributed by atoms with Gasteiger partial charge >= 0.3 is 0 Å². The Balaban J connectivity index is 2.49. The molecule has 36 valence electrons. The minimum atomic E-state index is -0.0796. The summed E-state index contributed by atoms with van der Waals surface area (Å²) in [6.45, 7) is 0.338. The quantitative estimate of drug-likeness (QED) is 0.322. The van der Waals surface area contributed by atoms with Gasteiger partial charge in [0.15, 0.2) is 0 Å². The van der Waals surface area contributed by atoms with E-state index in [1.54, 1.807) is 0 Å². The zero-order chi connectivity index (χ0) is 4.83. The van der Waals surface area contributed by atoms with E-state index in [1.165, 1.54) is 7.11 Å². The second kappa shape index (κ2) is 5.02. The van der Waals surface area contributed by atoms with Crippen molar-refractivity contribution in [2.75, 3.05) is 13.8 Å². The van der Waals surface area contributed by atoms with Crippen molar-refractivity contribution in [3.63, 3.8) is 0 Å². The number of nitrogens with one attached hydrogen (secondary N) is 1. The molecule has 1 N–H and O–H groups in total. The fourth-order valence-corrected chi connectivity index (χ4v) is 0.273. The van der Waals surface area contributed by atoms with E-state index in [2.05, 4.69) is 9.82 Å². The summed E-state index contributed by atoms with van der Waals surface area (Å²) in [4.78, 5) is 0. The minimum absolute atomic E-state index is 0.0796. The summed E-state index contributed by atoms with van der Waals surface area (Å²) < 4.78 is 13.9. The number of hydrogen-bond donors (Lipinski definition) is 1. The average Bonchev–Trinajstić information content (AvgIpc) is 1.61. The predicted molar refractivity (Wildman–Crippen MR) is 22.6 cm³/mol. The molecule has 0 radical (unpaired) electrons. The standard InChI is InChI=1S/C2H6NO2P/c1-5-2-3-6-4/h2H2,1H3,(H,3,4). The zero-order valence-corrected chi connectivity index (χ0v) is 4.37. The van der Waals surface area contributed by atoms with Gasteiger partial charge in [-0.25, -0.2) is 5.09 Å². The second-order valence-corrected chi connectivity index (χ2v) is 1.18. The Hall–Kier alpha value is 0.0200. The van der Waals surface area contributed by atoms with Crippen LogP contribution >= 0.6 is 8.61 Å². The Bertz CT molecular complexity index is 40.5. The van der Waals surface area contributed by atoms with Crippen molar-refractivity contribution < 1.29 is 9.30 Å². The lowest BCUT2D eigenvalue weighted by Crippen LogP contribution is -2.01. The van der Waals surface area contributed by atoms with E-state index in [4.69, 9.17) is 0 Å². The van der Waals surface area contributed by atoms with Crippen LogP contribution in [0.5, 0.6) is 0 Å². The molecule has 0 aliphatic carbocycles. The Labute approximate surface area is 37.9 Å². The van der Waals surface area contributed by atoms with Crippen LogP contribution in [0.3, 0.4) is 0 Å². The van der Waals surface area contributed by atoms with Crippen LogP contribution in [0.1, 0.15) is 0 Å². The van der Waals surface area contributed by atoms with Crippen LogP contribution in [-0.4, -0.2) is 13.8 Å². The number of rotatable bonds is 3. The van der Waals surface area contributed by atoms with Gasteiger partial charge in [0.25, 0.3) is 0 Å². The molecule has 0 aliphatic heterocycles. The third-order valence-electron chi connectivity index (χ3n) is 0.273. The smallest absolute Gasteiger partial charge is 0.247 e. The second-order valence-electron chi connectivity index (χ2n) is 0.682. The van der Waals surface area contributed by atoms with Crippen LogP contribution in [0.15, 0.2) is 0 Å². The van der Waals surface area contributed by atoms with Gasteiger partial charge in [-0.15, -0.1) is 0 Å². The van der Waals surface area contributed by atoms with Crippen molar-refractivity contribution in [3.8, 4) is 0 Å². The van der Waals surface area contributed by atoms with E-state index in [-0.39, 0.29) is 8.61 Å². The molecule has 0 fully saturated rings. The van der Waals surface area contributed by atoms with E-state index in [0.717, 1.165) is 0 Å². The van der Waals surface area contributed by atoms with E-state index < -0.39 is 0 Å². The van der Waals surface area contributed by atoms with Gasteiger partial charge in [0, 0.05) is 7.11 Å². The molecule has 4 heteroatoms. The highest BCUT2D eigenvalue weighted by molar-refractivity contribution is 7.21. The van der Waals surface area contributed by atoms with Gasteiger partial charge in [0.1, 0.15) is 6.73 Å². The molecule has 0 amide bonds. The molecule has 6 heavy (non-hydrogen) atoms. The molecule has 0 aliphatic rings. The summed E-state index contributed by atoms with van der Waals surface area (Å²) in [5.41, 5.74) is 0. The van der Waals surface area contributed by atoms with Crippen molar-refractivity contribution in [3.05, 3.63) is 0 Å². The van der Waals surface area contributed by atoms with Crippen LogP contribution in [0.4, 0.5) is 0 Å². The molecule has 0 rings (SSSR count). The Morgan fingerprint density at radius 2 is 2.67 bits per heavy atom. The first-order valence-corrected chi connectivity index (χ1v) is 2.27. The normalized spacial score (nSPS) is 9.50. The summed E-state index contributed by atoms with van der Waals surface area (Å²) in [5, 5.41) is 2.39. The molecule has 0 aromatic carbocycles. The highest BCUT2D eigenvalue weighted by Crippen LogP contribution is 1.75. The fourth-order valence-electron chi connectivity index (χ4n) is 0.0909. The maximum atomic E-state index is 9.47. The van der Waals surface area contributed by atoms with Gasteiger partial charge < -0.3 is 4.74 Å². The third kappa shape index (κ3) is 4.02. The van der Waals surface area contributed by atoms with Gasteiger partial charge in [-0.05, 0) is 0 Å². The number of hydrogen-bond acceptors (Lipinski definition) is 2. The highest BCUT2D eigenvalue weighted by Gasteiger charge is 1.71. The highest BCUT2D eigenvalue weighted by atomic mass is 31.1. The summed E-state index contributed by atoms with van der Waals surface area (Å²) in [6, 6.07) is 0. The summed E-state index contributed by atoms with van der Waals surface area (Å²) >= 11 is 0. The molecule has 0 atom stereocenters. The summed E-state index contributed by atoms with van der Waals surface area (Å²) in [6.07, 6.45) is 0. The topological polar surface area (TPSA) is 38.3 Å². The molecular weight excluding hydrogens is 101 g/mol. The van der Waals surface area contributed by atoms with Crippen molar-refractivity contribution in [1.29, 1.82) is 0 Å².